The first-order valence-corrected chi connectivity index (χ1v) is 16.0. The van der Waals surface area contributed by atoms with Gasteiger partial charge >= 0.3 is 0 Å². The molecule has 0 amide bonds. The minimum Gasteiger partial charge on any atom is -0.393 e. The quantitative estimate of drug-likeness (QED) is 0.238. The number of hydrogen-bond donors (Lipinski definition) is 2. The lowest BCUT2D eigenvalue weighted by molar-refractivity contribution is 0.107. The summed E-state index contributed by atoms with van der Waals surface area (Å²) in [5, 5.41) is 20.3. The first kappa shape index (κ1) is 36.3. The van der Waals surface area contributed by atoms with E-state index in [1.165, 1.54) is 44.6 Å². The van der Waals surface area contributed by atoms with E-state index in [0.717, 1.165) is 32.1 Å². The summed E-state index contributed by atoms with van der Waals surface area (Å²) in [5.41, 5.74) is 10.2. The third-order valence-electron chi connectivity index (χ3n) is 8.89. The van der Waals surface area contributed by atoms with Gasteiger partial charge in [0.05, 0.1) is 12.2 Å². The van der Waals surface area contributed by atoms with E-state index in [2.05, 4.69) is 154 Å². The van der Waals surface area contributed by atoms with Crippen molar-refractivity contribution in [2.75, 3.05) is 0 Å². The normalized spacial score (nSPS) is 27.0. The van der Waals surface area contributed by atoms with Crippen molar-refractivity contribution >= 4 is 0 Å². The van der Waals surface area contributed by atoms with Crippen LogP contribution in [0.4, 0.5) is 0 Å². The molecule has 2 N–H and O–H groups in total. The smallest absolute Gasteiger partial charge is 0.0585 e. The van der Waals surface area contributed by atoms with Crippen LogP contribution in [0.2, 0.25) is 0 Å². The first-order valence-electron chi connectivity index (χ1n) is 16.0. The average Bonchev–Trinajstić information content (AvgIpc) is 2.89. The lowest BCUT2D eigenvalue weighted by Crippen LogP contribution is -2.30. The molecule has 2 aliphatic carbocycles. The summed E-state index contributed by atoms with van der Waals surface area (Å²) < 4.78 is 0. The van der Waals surface area contributed by atoms with Crippen LogP contribution >= 0.6 is 0 Å². The summed E-state index contributed by atoms with van der Waals surface area (Å²) in [4.78, 5) is 0. The van der Waals surface area contributed by atoms with Gasteiger partial charge in [0, 0.05) is 0 Å². The molecule has 0 fully saturated rings. The van der Waals surface area contributed by atoms with Gasteiger partial charge in [-0.2, -0.15) is 0 Å². The Bertz CT molecular complexity index is 1310. The molecule has 3 unspecified atom stereocenters. The van der Waals surface area contributed by atoms with Crippen LogP contribution in [-0.2, 0) is 0 Å². The van der Waals surface area contributed by atoms with Gasteiger partial charge in [-0.1, -0.05) is 146 Å². The zero-order valence-electron chi connectivity index (χ0n) is 28.7. The molecular formula is C41H58O2. The number of aliphatic hydroxyl groups is 2. The topological polar surface area (TPSA) is 40.5 Å². The Morgan fingerprint density at radius 3 is 1.49 bits per heavy atom. The molecule has 2 heteroatoms. The molecule has 0 heterocycles. The molecule has 2 aliphatic rings. The zero-order chi connectivity index (χ0) is 32.2. The molecule has 3 atom stereocenters. The summed E-state index contributed by atoms with van der Waals surface area (Å²) in [6.07, 6.45) is 33.8. The van der Waals surface area contributed by atoms with Crippen LogP contribution in [0, 0.1) is 10.8 Å². The molecule has 0 saturated heterocycles. The molecule has 2 rings (SSSR count). The summed E-state index contributed by atoms with van der Waals surface area (Å²) in [7, 11) is 0. The van der Waals surface area contributed by atoms with Crippen LogP contribution < -0.4 is 0 Å². The Labute approximate surface area is 263 Å². The van der Waals surface area contributed by atoms with E-state index in [-0.39, 0.29) is 23.0 Å². The van der Waals surface area contributed by atoms with Crippen molar-refractivity contribution in [1.29, 1.82) is 0 Å². The van der Waals surface area contributed by atoms with Crippen molar-refractivity contribution in [3.8, 4) is 0 Å². The van der Waals surface area contributed by atoms with Crippen molar-refractivity contribution in [1.82, 2.24) is 0 Å². The maximum Gasteiger partial charge on any atom is 0.0585 e. The third-order valence-corrected chi connectivity index (χ3v) is 8.89. The Balaban J connectivity index is 1.92. The van der Waals surface area contributed by atoms with Gasteiger partial charge in [-0.25, -0.2) is 0 Å². The Hall–Kier alpha value is -2.94. The van der Waals surface area contributed by atoms with Crippen molar-refractivity contribution in [3.63, 3.8) is 0 Å². The lowest BCUT2D eigenvalue weighted by Gasteiger charge is -2.38. The lowest BCUT2D eigenvalue weighted by atomic mass is 9.68. The van der Waals surface area contributed by atoms with Gasteiger partial charge < -0.3 is 10.2 Å². The van der Waals surface area contributed by atoms with E-state index in [0.29, 0.717) is 0 Å². The maximum atomic E-state index is 10.2. The van der Waals surface area contributed by atoms with E-state index in [1.54, 1.807) is 0 Å². The highest BCUT2D eigenvalue weighted by Crippen LogP contribution is 2.44. The Morgan fingerprint density at radius 2 is 1.02 bits per heavy atom. The van der Waals surface area contributed by atoms with Gasteiger partial charge in [0.1, 0.15) is 0 Å². The summed E-state index contributed by atoms with van der Waals surface area (Å²) in [6.45, 7) is 21.7. The summed E-state index contributed by atoms with van der Waals surface area (Å²) in [5.74, 6) is 0. The fraction of sp³-hybridized carbons (Fsp3) is 0.463. The Morgan fingerprint density at radius 1 is 0.628 bits per heavy atom. The van der Waals surface area contributed by atoms with Gasteiger partial charge in [-0.3, -0.25) is 0 Å². The number of allylic oxidation sites excluding steroid dienone is 20. The second-order valence-electron chi connectivity index (χ2n) is 13.7. The highest BCUT2D eigenvalue weighted by molar-refractivity contribution is 5.39. The van der Waals surface area contributed by atoms with Gasteiger partial charge in [0.15, 0.2) is 0 Å². The van der Waals surface area contributed by atoms with Gasteiger partial charge in [0.25, 0.3) is 0 Å². The minimum atomic E-state index is -0.227. The standard InChI is InChI=1S/C41H58O2/c1-11-41(10)29-37(43)27-35(7)39(41)25-23-33(5)21-15-19-31(3)17-13-12-16-30(2)18-14-20-32(4)22-24-38-34(6)26-36(42)28-40(38,8)9/h12-25,36-37,42-43H,11,26-29H2,1-10H3/b13-12+,18-14+,19-15+,24-22+,25-23+,30-16+,31-17+,32-20+,33-21+. The molecule has 0 aromatic rings. The van der Waals surface area contributed by atoms with E-state index in [4.69, 9.17) is 0 Å². The van der Waals surface area contributed by atoms with E-state index in [9.17, 15) is 10.2 Å². The molecule has 0 aliphatic heterocycles. The Kier molecular flexibility index (Phi) is 14.2. The SMILES string of the molecule is CCC1(C)CC(O)CC(C)=C1/C=C/C(C)=C/C=C/C(C)=C/C=C/C=C(C)/C=C/C=C(C)/C=C/C1=C(C)CC(O)CC1(C)C. The molecule has 0 saturated carbocycles. The molecule has 0 bridgehead atoms. The molecule has 2 nitrogen and oxygen atoms in total. The largest absolute Gasteiger partial charge is 0.393 e. The maximum absolute atomic E-state index is 10.2. The van der Waals surface area contributed by atoms with Gasteiger partial charge in [-0.05, 0) is 95.6 Å². The van der Waals surface area contributed by atoms with Crippen LogP contribution in [0.3, 0.4) is 0 Å². The van der Waals surface area contributed by atoms with E-state index in [1.807, 2.05) is 0 Å². The van der Waals surface area contributed by atoms with Crippen LogP contribution in [0.15, 0.2) is 130 Å². The molecule has 0 spiro atoms. The average molecular weight is 583 g/mol. The molecule has 0 radical (unpaired) electrons. The van der Waals surface area contributed by atoms with Crippen LogP contribution in [0.25, 0.3) is 0 Å². The second-order valence-corrected chi connectivity index (χ2v) is 13.7. The highest BCUT2D eigenvalue weighted by Gasteiger charge is 2.34. The predicted molar refractivity (Wildman–Crippen MR) is 189 cm³/mol. The zero-order valence-corrected chi connectivity index (χ0v) is 28.7. The molecule has 0 aromatic carbocycles. The first-order chi connectivity index (χ1) is 20.2. The fourth-order valence-electron chi connectivity index (χ4n) is 6.31. The minimum absolute atomic E-state index is 0.00511. The molecule has 0 aromatic heterocycles. The predicted octanol–water partition coefficient (Wildman–Crippen LogP) is 10.9. The highest BCUT2D eigenvalue weighted by atomic mass is 16.3. The van der Waals surface area contributed by atoms with Crippen molar-refractivity contribution in [2.45, 2.75) is 114 Å². The molecular weight excluding hydrogens is 524 g/mol. The van der Waals surface area contributed by atoms with Crippen molar-refractivity contribution in [3.05, 3.63) is 130 Å². The third kappa shape index (κ3) is 11.9. The van der Waals surface area contributed by atoms with Crippen molar-refractivity contribution in [2.24, 2.45) is 10.8 Å². The monoisotopic (exact) mass is 582 g/mol. The number of aliphatic hydroxyl groups excluding tert-OH is 2. The van der Waals surface area contributed by atoms with Crippen molar-refractivity contribution < 1.29 is 10.2 Å². The summed E-state index contributed by atoms with van der Waals surface area (Å²) in [6, 6.07) is 0. The van der Waals surface area contributed by atoms with Gasteiger partial charge in [-0.15, -0.1) is 0 Å². The van der Waals surface area contributed by atoms with Gasteiger partial charge in [0.2, 0.25) is 0 Å². The molecule has 43 heavy (non-hydrogen) atoms. The van der Waals surface area contributed by atoms with Crippen LogP contribution in [0.5, 0.6) is 0 Å². The van der Waals surface area contributed by atoms with Crippen LogP contribution in [0.1, 0.15) is 101 Å². The second kappa shape index (κ2) is 16.8. The molecule has 234 valence electrons. The van der Waals surface area contributed by atoms with Crippen LogP contribution in [-0.4, -0.2) is 22.4 Å². The summed E-state index contributed by atoms with van der Waals surface area (Å²) >= 11 is 0. The van der Waals surface area contributed by atoms with E-state index >= 15 is 0 Å². The van der Waals surface area contributed by atoms with E-state index < -0.39 is 0 Å². The number of hydrogen-bond acceptors (Lipinski definition) is 2. The number of rotatable bonds is 11. The fourth-order valence-corrected chi connectivity index (χ4v) is 6.31.